The molecule has 0 unspecified atom stereocenters. The van der Waals surface area contributed by atoms with Crippen LogP contribution in [0.25, 0.3) is 0 Å². The molecule has 0 aliphatic carbocycles. The van der Waals surface area contributed by atoms with E-state index in [1.54, 1.807) is 0 Å². The van der Waals surface area contributed by atoms with Crippen LogP contribution in [-0.2, 0) is 4.79 Å². The topological polar surface area (TPSA) is 199 Å². The van der Waals surface area contributed by atoms with Crippen LogP contribution in [0.3, 0.4) is 0 Å². The Labute approximate surface area is 81.5 Å². The van der Waals surface area contributed by atoms with Crippen LogP contribution in [0, 0.1) is 0 Å². The zero-order chi connectivity index (χ0) is 12.7. The van der Waals surface area contributed by atoms with Gasteiger partial charge in [-0.05, 0) is 0 Å². The van der Waals surface area contributed by atoms with Gasteiger partial charge in [-0.25, -0.2) is 0 Å². The second-order valence-electron chi connectivity index (χ2n) is 2.82. The van der Waals surface area contributed by atoms with E-state index in [1.807, 2.05) is 0 Å². The number of rotatable bonds is 4. The molecule has 0 amide bonds. The van der Waals surface area contributed by atoms with Gasteiger partial charge in [0.05, 0.1) is 0 Å². The lowest BCUT2D eigenvalue weighted by Gasteiger charge is -2.42. The molecule has 0 spiro atoms. The fraction of sp³-hybridized carbons (Fsp3) is 0.800. The Bertz CT molecular complexity index is 247. The average molecular weight is 230 g/mol. The number of aliphatic hydroxyl groups is 9. The molecule has 0 rings (SSSR count). The maximum absolute atomic E-state index is 9.96. The SMILES string of the molecule is O=CC(O)(O)C(O)(O)C(O)(O)C(O)(O)O. The molecule has 0 aromatic rings. The van der Waals surface area contributed by atoms with E-state index in [-0.39, 0.29) is 0 Å². The normalized spacial score (nSPS) is 15.3. The lowest BCUT2D eigenvalue weighted by molar-refractivity contribution is -0.536. The summed E-state index contributed by atoms with van der Waals surface area (Å²) >= 11 is 0. The zero-order valence-electron chi connectivity index (χ0n) is 7.01. The number of hydrogen-bond acceptors (Lipinski definition) is 10. The van der Waals surface area contributed by atoms with Crippen LogP contribution in [-0.4, -0.2) is 75.6 Å². The van der Waals surface area contributed by atoms with Gasteiger partial charge in [0.1, 0.15) is 0 Å². The van der Waals surface area contributed by atoms with Gasteiger partial charge in [0.15, 0.2) is 6.29 Å². The second kappa shape index (κ2) is 3.41. The molecular formula is C5H10O10. The van der Waals surface area contributed by atoms with Crippen LogP contribution in [0.1, 0.15) is 0 Å². The first-order chi connectivity index (χ1) is 6.31. The van der Waals surface area contributed by atoms with Gasteiger partial charge in [0.25, 0.3) is 11.6 Å². The number of hydrogen-bond donors (Lipinski definition) is 9. The van der Waals surface area contributed by atoms with Gasteiger partial charge in [-0.1, -0.05) is 0 Å². The predicted molar refractivity (Wildman–Crippen MR) is 37.0 cm³/mol. The molecular weight excluding hydrogens is 220 g/mol. The van der Waals surface area contributed by atoms with E-state index in [0.717, 1.165) is 0 Å². The molecule has 0 saturated carbocycles. The molecule has 0 atom stereocenters. The highest BCUT2D eigenvalue weighted by Crippen LogP contribution is 2.32. The summed E-state index contributed by atoms with van der Waals surface area (Å²) in [6.45, 7) is 0. The summed E-state index contributed by atoms with van der Waals surface area (Å²) in [6, 6.07) is 0. The van der Waals surface area contributed by atoms with Gasteiger partial charge in [-0.3, -0.25) is 4.79 Å². The summed E-state index contributed by atoms with van der Waals surface area (Å²) in [5, 5.41) is 76.9. The minimum Gasteiger partial charge on any atom is -0.357 e. The van der Waals surface area contributed by atoms with Crippen LogP contribution >= 0.6 is 0 Å². The highest BCUT2D eigenvalue weighted by molar-refractivity contribution is 5.61. The van der Waals surface area contributed by atoms with Crippen molar-refractivity contribution in [2.75, 3.05) is 0 Å². The third-order valence-electron chi connectivity index (χ3n) is 1.63. The van der Waals surface area contributed by atoms with Gasteiger partial charge < -0.3 is 46.0 Å². The van der Waals surface area contributed by atoms with Crippen LogP contribution < -0.4 is 0 Å². The molecule has 0 aromatic carbocycles. The quantitative estimate of drug-likeness (QED) is 0.165. The van der Waals surface area contributed by atoms with Crippen molar-refractivity contribution < 1.29 is 50.8 Å². The first-order valence-electron chi connectivity index (χ1n) is 3.29. The molecule has 9 N–H and O–H groups in total. The molecule has 10 nitrogen and oxygen atoms in total. The Morgan fingerprint density at radius 1 is 0.667 bits per heavy atom. The predicted octanol–water partition coefficient (Wildman–Crippen LogP) is -6.14. The molecule has 0 aliphatic rings. The van der Waals surface area contributed by atoms with Crippen molar-refractivity contribution in [2.45, 2.75) is 23.3 Å². The van der Waals surface area contributed by atoms with Crippen molar-refractivity contribution in [1.82, 2.24) is 0 Å². The van der Waals surface area contributed by atoms with Crippen LogP contribution in [0.15, 0.2) is 0 Å². The van der Waals surface area contributed by atoms with Crippen molar-refractivity contribution in [3.8, 4) is 0 Å². The third kappa shape index (κ3) is 1.98. The van der Waals surface area contributed by atoms with Gasteiger partial charge in [-0.2, -0.15) is 0 Å². The average Bonchev–Trinajstić information content (AvgIpc) is 2.01. The van der Waals surface area contributed by atoms with E-state index in [0.29, 0.717) is 0 Å². The Morgan fingerprint density at radius 3 is 1.20 bits per heavy atom. The van der Waals surface area contributed by atoms with E-state index >= 15 is 0 Å². The molecule has 0 aliphatic heterocycles. The molecule has 0 aromatic heterocycles. The minimum absolute atomic E-state index is 0.945. The monoisotopic (exact) mass is 230 g/mol. The van der Waals surface area contributed by atoms with E-state index in [1.165, 1.54) is 0 Å². The molecule has 0 fully saturated rings. The smallest absolute Gasteiger partial charge is 0.338 e. The fourth-order valence-corrected chi connectivity index (χ4v) is 0.573. The molecule has 90 valence electrons. The van der Waals surface area contributed by atoms with E-state index < -0.39 is 29.6 Å². The number of aldehydes is 1. The fourth-order valence-electron chi connectivity index (χ4n) is 0.573. The summed E-state index contributed by atoms with van der Waals surface area (Å²) in [6.07, 6.45) is -0.945. The largest absolute Gasteiger partial charge is 0.357 e. The third-order valence-corrected chi connectivity index (χ3v) is 1.63. The lowest BCUT2D eigenvalue weighted by Crippen LogP contribution is -2.76. The number of carbonyl (C=O) groups excluding carboxylic acids is 1. The number of carbonyl (C=O) groups is 1. The Hall–Kier alpha value is -0.690. The summed E-state index contributed by atoms with van der Waals surface area (Å²) in [7, 11) is 0. The van der Waals surface area contributed by atoms with Gasteiger partial charge in [0.2, 0.25) is 0 Å². The van der Waals surface area contributed by atoms with Gasteiger partial charge >= 0.3 is 11.8 Å². The summed E-state index contributed by atoms with van der Waals surface area (Å²) in [4.78, 5) is 9.96. The first-order valence-corrected chi connectivity index (χ1v) is 3.29. The zero-order valence-corrected chi connectivity index (χ0v) is 7.01. The van der Waals surface area contributed by atoms with Crippen LogP contribution in [0.2, 0.25) is 0 Å². The van der Waals surface area contributed by atoms with E-state index in [2.05, 4.69) is 0 Å². The summed E-state index contributed by atoms with van der Waals surface area (Å²) in [5.74, 6) is -17.9. The highest BCUT2D eigenvalue weighted by atomic mass is 16.8. The maximum Gasteiger partial charge on any atom is 0.338 e. The van der Waals surface area contributed by atoms with Crippen molar-refractivity contribution in [3.63, 3.8) is 0 Å². The van der Waals surface area contributed by atoms with Crippen molar-refractivity contribution in [3.05, 3.63) is 0 Å². The second-order valence-corrected chi connectivity index (χ2v) is 2.82. The van der Waals surface area contributed by atoms with E-state index in [9.17, 15) is 4.79 Å². The lowest BCUT2D eigenvalue weighted by atomic mass is 9.95. The summed E-state index contributed by atoms with van der Waals surface area (Å²) < 4.78 is 0. The van der Waals surface area contributed by atoms with Crippen molar-refractivity contribution in [1.29, 1.82) is 0 Å². The Morgan fingerprint density at radius 2 is 1.00 bits per heavy atom. The van der Waals surface area contributed by atoms with Gasteiger partial charge in [-0.15, -0.1) is 0 Å². The van der Waals surface area contributed by atoms with Crippen LogP contribution in [0.5, 0.6) is 0 Å². The molecule has 15 heavy (non-hydrogen) atoms. The first kappa shape index (κ1) is 14.3. The molecule has 0 saturated heterocycles. The standard InChI is InChI=1S/C5H10O10/c6-1-2(7,8)3(9,10)4(11,12)5(13,14)15/h1,7-15H. The molecule has 0 bridgehead atoms. The van der Waals surface area contributed by atoms with Gasteiger partial charge in [0, 0.05) is 0 Å². The molecule has 0 heterocycles. The van der Waals surface area contributed by atoms with Crippen molar-refractivity contribution >= 4 is 6.29 Å². The van der Waals surface area contributed by atoms with E-state index in [4.69, 9.17) is 46.0 Å². The summed E-state index contributed by atoms with van der Waals surface area (Å²) in [5.41, 5.74) is 0. The molecule has 0 radical (unpaired) electrons. The van der Waals surface area contributed by atoms with Crippen LogP contribution in [0.4, 0.5) is 0 Å². The van der Waals surface area contributed by atoms with Crippen molar-refractivity contribution in [2.24, 2.45) is 0 Å². The minimum atomic E-state index is -4.63. The highest BCUT2D eigenvalue weighted by Gasteiger charge is 2.70. The Balaban J connectivity index is 5.47. The Kier molecular flexibility index (Phi) is 3.26. The maximum atomic E-state index is 9.96. The molecule has 10 heteroatoms.